The summed E-state index contributed by atoms with van der Waals surface area (Å²) in [5.74, 6) is 0.215. The Morgan fingerprint density at radius 3 is 2.77 bits per heavy atom. The SMILES string of the molecule is CC(C)Oc1ccc(N2CC(C(=O)NCCn3cnnn3)CC2=O)cc1. The van der Waals surface area contributed by atoms with E-state index in [1.54, 1.807) is 4.90 Å². The van der Waals surface area contributed by atoms with E-state index in [1.165, 1.54) is 11.0 Å². The molecule has 1 atom stereocenters. The number of rotatable bonds is 7. The molecule has 0 saturated carbocycles. The fourth-order valence-corrected chi connectivity index (χ4v) is 2.83. The van der Waals surface area contributed by atoms with Crippen molar-refractivity contribution < 1.29 is 14.3 Å². The smallest absolute Gasteiger partial charge is 0.227 e. The van der Waals surface area contributed by atoms with Gasteiger partial charge >= 0.3 is 0 Å². The lowest BCUT2D eigenvalue weighted by atomic mass is 10.1. The Bertz CT molecular complexity index is 744. The first kappa shape index (κ1) is 17.8. The van der Waals surface area contributed by atoms with Gasteiger partial charge in [0.2, 0.25) is 11.8 Å². The molecule has 1 unspecified atom stereocenters. The van der Waals surface area contributed by atoms with Gasteiger partial charge in [0.15, 0.2) is 0 Å². The summed E-state index contributed by atoms with van der Waals surface area (Å²) in [6.07, 6.45) is 1.79. The number of hydrogen-bond acceptors (Lipinski definition) is 6. The summed E-state index contributed by atoms with van der Waals surface area (Å²) in [7, 11) is 0. The molecular weight excluding hydrogens is 336 g/mol. The number of ether oxygens (including phenoxy) is 1. The Kier molecular flexibility index (Phi) is 5.45. The van der Waals surface area contributed by atoms with Crippen LogP contribution < -0.4 is 15.0 Å². The first-order valence-corrected chi connectivity index (χ1v) is 8.58. The van der Waals surface area contributed by atoms with Crippen LogP contribution in [0.1, 0.15) is 20.3 Å². The van der Waals surface area contributed by atoms with Crippen molar-refractivity contribution >= 4 is 17.5 Å². The minimum atomic E-state index is -0.358. The zero-order valence-corrected chi connectivity index (χ0v) is 14.8. The van der Waals surface area contributed by atoms with Crippen LogP contribution in [-0.4, -0.2) is 51.2 Å². The number of benzene rings is 1. The van der Waals surface area contributed by atoms with Gasteiger partial charge in [0.1, 0.15) is 12.1 Å². The zero-order valence-electron chi connectivity index (χ0n) is 14.8. The number of tetrazole rings is 1. The Balaban J connectivity index is 1.53. The van der Waals surface area contributed by atoms with Gasteiger partial charge in [-0.15, -0.1) is 5.10 Å². The van der Waals surface area contributed by atoms with Crippen molar-refractivity contribution in [2.45, 2.75) is 32.9 Å². The number of amides is 2. The Hall–Kier alpha value is -2.97. The van der Waals surface area contributed by atoms with Gasteiger partial charge in [-0.2, -0.15) is 0 Å². The predicted molar refractivity (Wildman–Crippen MR) is 93.5 cm³/mol. The lowest BCUT2D eigenvalue weighted by molar-refractivity contribution is -0.126. The minimum absolute atomic E-state index is 0.0526. The van der Waals surface area contributed by atoms with E-state index in [0.717, 1.165) is 11.4 Å². The average Bonchev–Trinajstić information content (AvgIpc) is 3.25. The van der Waals surface area contributed by atoms with Crippen molar-refractivity contribution in [1.29, 1.82) is 0 Å². The normalized spacial score (nSPS) is 17.0. The average molecular weight is 358 g/mol. The van der Waals surface area contributed by atoms with Crippen LogP contribution in [0.25, 0.3) is 0 Å². The van der Waals surface area contributed by atoms with Crippen molar-refractivity contribution in [3.8, 4) is 5.75 Å². The maximum atomic E-state index is 12.3. The van der Waals surface area contributed by atoms with Gasteiger partial charge in [-0.05, 0) is 48.5 Å². The van der Waals surface area contributed by atoms with E-state index in [-0.39, 0.29) is 30.3 Å². The van der Waals surface area contributed by atoms with Crippen molar-refractivity contribution in [1.82, 2.24) is 25.5 Å². The second-order valence-corrected chi connectivity index (χ2v) is 6.43. The van der Waals surface area contributed by atoms with E-state index < -0.39 is 0 Å². The van der Waals surface area contributed by atoms with Gasteiger partial charge in [0.05, 0.1) is 18.6 Å². The number of nitrogens with one attached hydrogen (secondary N) is 1. The molecule has 3 rings (SSSR count). The van der Waals surface area contributed by atoms with Crippen LogP contribution in [0.4, 0.5) is 5.69 Å². The standard InChI is InChI=1S/C17H22N6O3/c1-12(2)26-15-5-3-14(4-6-15)23-10-13(9-16(23)24)17(25)18-7-8-22-11-19-20-21-22/h3-6,11-13H,7-10H2,1-2H3,(H,18,25). The highest BCUT2D eigenvalue weighted by atomic mass is 16.5. The quantitative estimate of drug-likeness (QED) is 0.779. The molecule has 2 amide bonds. The summed E-state index contributed by atoms with van der Waals surface area (Å²) in [6.45, 7) is 5.19. The molecule has 1 aromatic carbocycles. The summed E-state index contributed by atoms with van der Waals surface area (Å²) in [5.41, 5.74) is 0.773. The number of anilines is 1. The Morgan fingerprint density at radius 1 is 1.35 bits per heavy atom. The van der Waals surface area contributed by atoms with E-state index in [0.29, 0.717) is 19.6 Å². The van der Waals surface area contributed by atoms with Crippen LogP contribution in [0, 0.1) is 5.92 Å². The largest absolute Gasteiger partial charge is 0.491 e. The van der Waals surface area contributed by atoms with E-state index in [9.17, 15) is 9.59 Å². The third-order valence-corrected chi connectivity index (χ3v) is 4.05. The van der Waals surface area contributed by atoms with Crippen molar-refractivity contribution in [3.63, 3.8) is 0 Å². The molecule has 1 aliphatic rings. The minimum Gasteiger partial charge on any atom is -0.491 e. The molecule has 138 valence electrons. The summed E-state index contributed by atoms with van der Waals surface area (Å²) in [5, 5.41) is 13.6. The Labute approximate surface area is 151 Å². The maximum Gasteiger partial charge on any atom is 0.227 e. The van der Waals surface area contributed by atoms with Crippen LogP contribution in [-0.2, 0) is 16.1 Å². The number of hydrogen-bond donors (Lipinski definition) is 1. The summed E-state index contributed by atoms with van der Waals surface area (Å²) in [4.78, 5) is 26.2. The van der Waals surface area contributed by atoms with Gasteiger partial charge in [-0.3, -0.25) is 9.59 Å². The molecule has 0 bridgehead atoms. The zero-order chi connectivity index (χ0) is 18.5. The lowest BCUT2D eigenvalue weighted by Gasteiger charge is -2.18. The van der Waals surface area contributed by atoms with E-state index in [1.807, 2.05) is 38.1 Å². The van der Waals surface area contributed by atoms with Gasteiger partial charge < -0.3 is 15.0 Å². The molecule has 0 aliphatic carbocycles. The van der Waals surface area contributed by atoms with Crippen LogP contribution in [0.3, 0.4) is 0 Å². The molecule has 1 aromatic heterocycles. The fraction of sp³-hybridized carbons (Fsp3) is 0.471. The first-order valence-electron chi connectivity index (χ1n) is 8.58. The van der Waals surface area contributed by atoms with E-state index in [4.69, 9.17) is 4.74 Å². The summed E-state index contributed by atoms with van der Waals surface area (Å²) < 4.78 is 7.14. The molecule has 9 heteroatoms. The van der Waals surface area contributed by atoms with Crippen LogP contribution in [0.15, 0.2) is 30.6 Å². The third-order valence-electron chi connectivity index (χ3n) is 4.05. The summed E-state index contributed by atoms with van der Waals surface area (Å²) in [6, 6.07) is 7.35. The van der Waals surface area contributed by atoms with Crippen LogP contribution in [0.5, 0.6) is 5.75 Å². The highest BCUT2D eigenvalue weighted by Gasteiger charge is 2.34. The lowest BCUT2D eigenvalue weighted by Crippen LogP contribution is -2.34. The summed E-state index contributed by atoms with van der Waals surface area (Å²) >= 11 is 0. The second kappa shape index (κ2) is 7.94. The molecule has 26 heavy (non-hydrogen) atoms. The van der Waals surface area contributed by atoms with Gasteiger partial charge in [0, 0.05) is 25.2 Å². The van der Waals surface area contributed by atoms with Crippen molar-refractivity contribution in [2.24, 2.45) is 5.92 Å². The topological polar surface area (TPSA) is 102 Å². The molecule has 1 aliphatic heterocycles. The third kappa shape index (κ3) is 4.35. The number of aromatic nitrogens is 4. The molecule has 1 fully saturated rings. The molecule has 1 saturated heterocycles. The molecular formula is C17H22N6O3. The first-order chi connectivity index (χ1) is 12.5. The maximum absolute atomic E-state index is 12.3. The highest BCUT2D eigenvalue weighted by molar-refractivity contribution is 6.00. The van der Waals surface area contributed by atoms with E-state index in [2.05, 4.69) is 20.8 Å². The molecule has 2 aromatic rings. The highest BCUT2D eigenvalue weighted by Crippen LogP contribution is 2.27. The fourth-order valence-electron chi connectivity index (χ4n) is 2.83. The number of carbonyl (C=O) groups excluding carboxylic acids is 2. The molecule has 0 radical (unpaired) electrons. The van der Waals surface area contributed by atoms with Gasteiger partial charge in [0.25, 0.3) is 0 Å². The molecule has 9 nitrogen and oxygen atoms in total. The number of carbonyl (C=O) groups is 2. The second-order valence-electron chi connectivity index (χ2n) is 6.43. The Morgan fingerprint density at radius 2 is 2.12 bits per heavy atom. The van der Waals surface area contributed by atoms with Crippen LogP contribution in [0.2, 0.25) is 0 Å². The molecule has 0 spiro atoms. The molecule has 2 heterocycles. The monoisotopic (exact) mass is 358 g/mol. The van der Waals surface area contributed by atoms with Crippen molar-refractivity contribution in [3.05, 3.63) is 30.6 Å². The number of nitrogens with zero attached hydrogens (tertiary/aromatic N) is 5. The van der Waals surface area contributed by atoms with Crippen molar-refractivity contribution in [2.75, 3.05) is 18.0 Å². The van der Waals surface area contributed by atoms with Gasteiger partial charge in [-0.1, -0.05) is 0 Å². The van der Waals surface area contributed by atoms with E-state index >= 15 is 0 Å². The van der Waals surface area contributed by atoms with Crippen LogP contribution >= 0.6 is 0 Å². The predicted octanol–water partition coefficient (Wildman–Crippen LogP) is 0.630. The van der Waals surface area contributed by atoms with Gasteiger partial charge in [-0.25, -0.2) is 4.68 Å². The molecule has 1 N–H and O–H groups in total.